The van der Waals surface area contributed by atoms with Crippen molar-refractivity contribution < 1.29 is 0 Å². The fourth-order valence-corrected chi connectivity index (χ4v) is 2.52. The first-order chi connectivity index (χ1) is 8.67. The van der Waals surface area contributed by atoms with Crippen molar-refractivity contribution in [3.8, 4) is 0 Å². The summed E-state index contributed by atoms with van der Waals surface area (Å²) in [4.78, 5) is 7.30. The number of aliphatic imine (C=N–C) groups is 1. The van der Waals surface area contributed by atoms with Gasteiger partial charge < -0.3 is 10.6 Å². The molecule has 1 aliphatic rings. The minimum atomic E-state index is 0.639. The van der Waals surface area contributed by atoms with Crippen LogP contribution in [0.5, 0.6) is 0 Å². The van der Waals surface area contributed by atoms with E-state index in [4.69, 9.17) is 4.99 Å². The van der Waals surface area contributed by atoms with Gasteiger partial charge in [0.05, 0.1) is 6.54 Å². The molecule has 106 valence electrons. The normalized spacial score (nSPS) is 20.2. The van der Waals surface area contributed by atoms with Gasteiger partial charge in [-0.1, -0.05) is 13.8 Å². The number of nitrogens with one attached hydrogen (secondary N) is 2. The van der Waals surface area contributed by atoms with E-state index >= 15 is 0 Å². The van der Waals surface area contributed by atoms with Gasteiger partial charge in [-0.15, -0.1) is 0 Å². The molecule has 0 unspecified atom stereocenters. The summed E-state index contributed by atoms with van der Waals surface area (Å²) in [5.41, 5.74) is 0. The van der Waals surface area contributed by atoms with Gasteiger partial charge in [0.15, 0.2) is 5.96 Å². The molecule has 0 aliphatic carbocycles. The fraction of sp³-hybridized carbons (Fsp3) is 0.929. The van der Waals surface area contributed by atoms with Crippen molar-refractivity contribution in [1.82, 2.24) is 15.5 Å². The second-order valence-corrected chi connectivity index (χ2v) is 5.43. The van der Waals surface area contributed by atoms with E-state index in [0.29, 0.717) is 6.04 Å². The fourth-order valence-electron chi connectivity index (χ4n) is 2.52. The van der Waals surface area contributed by atoms with Gasteiger partial charge in [-0.25, -0.2) is 0 Å². The number of nitrogens with zero attached hydrogens (tertiary/aromatic N) is 2. The third-order valence-corrected chi connectivity index (χ3v) is 3.25. The highest BCUT2D eigenvalue weighted by molar-refractivity contribution is 5.79. The molecule has 1 rings (SSSR count). The SMILES string of the molecule is CCNC(=NC[C@H]1CCCN1CC(C)C)NCC. The summed E-state index contributed by atoms with van der Waals surface area (Å²) in [7, 11) is 0. The van der Waals surface area contributed by atoms with Crippen molar-refractivity contribution in [3.63, 3.8) is 0 Å². The highest BCUT2D eigenvalue weighted by atomic mass is 15.2. The smallest absolute Gasteiger partial charge is 0.191 e. The Hall–Kier alpha value is -0.770. The van der Waals surface area contributed by atoms with Crippen LogP contribution < -0.4 is 10.6 Å². The van der Waals surface area contributed by atoms with Crippen LogP contribution in [-0.2, 0) is 0 Å². The van der Waals surface area contributed by atoms with E-state index in [-0.39, 0.29) is 0 Å². The maximum Gasteiger partial charge on any atom is 0.191 e. The molecule has 0 aromatic carbocycles. The molecule has 0 spiro atoms. The van der Waals surface area contributed by atoms with Crippen molar-refractivity contribution in [1.29, 1.82) is 0 Å². The molecule has 0 radical (unpaired) electrons. The van der Waals surface area contributed by atoms with Gasteiger partial charge in [-0.3, -0.25) is 9.89 Å². The summed E-state index contributed by atoms with van der Waals surface area (Å²) in [6, 6.07) is 0.639. The molecular weight excluding hydrogens is 224 g/mol. The molecule has 0 saturated carbocycles. The molecule has 0 aromatic heterocycles. The minimum Gasteiger partial charge on any atom is -0.357 e. The average Bonchev–Trinajstić information content (AvgIpc) is 2.73. The van der Waals surface area contributed by atoms with Crippen LogP contribution in [0.1, 0.15) is 40.5 Å². The molecule has 4 heteroatoms. The largest absolute Gasteiger partial charge is 0.357 e. The summed E-state index contributed by atoms with van der Waals surface area (Å²) < 4.78 is 0. The number of guanidine groups is 1. The van der Waals surface area contributed by atoms with Crippen molar-refractivity contribution in [3.05, 3.63) is 0 Å². The summed E-state index contributed by atoms with van der Waals surface area (Å²) >= 11 is 0. The second kappa shape index (κ2) is 8.35. The van der Waals surface area contributed by atoms with Crippen molar-refractivity contribution in [2.24, 2.45) is 10.9 Å². The minimum absolute atomic E-state index is 0.639. The van der Waals surface area contributed by atoms with E-state index in [0.717, 1.165) is 31.5 Å². The molecule has 1 fully saturated rings. The third-order valence-electron chi connectivity index (χ3n) is 3.25. The quantitative estimate of drug-likeness (QED) is 0.560. The number of rotatable bonds is 6. The van der Waals surface area contributed by atoms with Crippen LogP contribution in [0.2, 0.25) is 0 Å². The zero-order chi connectivity index (χ0) is 13.4. The van der Waals surface area contributed by atoms with Gasteiger partial charge in [-0.2, -0.15) is 0 Å². The lowest BCUT2D eigenvalue weighted by Crippen LogP contribution is -2.39. The highest BCUT2D eigenvalue weighted by Gasteiger charge is 2.24. The standard InChI is InChI=1S/C14H30N4/c1-5-15-14(16-6-2)17-10-13-8-7-9-18(13)11-12(3)4/h12-13H,5-11H2,1-4H3,(H2,15,16,17)/t13-/m1/s1. The molecule has 1 saturated heterocycles. The Labute approximate surface area is 112 Å². The zero-order valence-corrected chi connectivity index (χ0v) is 12.5. The van der Waals surface area contributed by atoms with E-state index in [2.05, 4.69) is 43.2 Å². The lowest BCUT2D eigenvalue weighted by molar-refractivity contribution is 0.231. The maximum atomic E-state index is 4.70. The van der Waals surface area contributed by atoms with Gasteiger partial charge >= 0.3 is 0 Å². The van der Waals surface area contributed by atoms with Gasteiger partial charge in [-0.05, 0) is 39.2 Å². The average molecular weight is 254 g/mol. The van der Waals surface area contributed by atoms with E-state index in [1.165, 1.54) is 25.9 Å². The van der Waals surface area contributed by atoms with Gasteiger partial charge in [0.25, 0.3) is 0 Å². The number of hydrogen-bond donors (Lipinski definition) is 2. The van der Waals surface area contributed by atoms with E-state index in [1.807, 2.05) is 0 Å². The third kappa shape index (κ3) is 5.25. The Morgan fingerprint density at radius 3 is 2.50 bits per heavy atom. The van der Waals surface area contributed by atoms with Crippen molar-refractivity contribution >= 4 is 5.96 Å². The monoisotopic (exact) mass is 254 g/mol. The summed E-state index contributed by atoms with van der Waals surface area (Å²) in [6.07, 6.45) is 2.62. The summed E-state index contributed by atoms with van der Waals surface area (Å²) in [6.45, 7) is 14.0. The first kappa shape index (κ1) is 15.3. The Morgan fingerprint density at radius 2 is 1.94 bits per heavy atom. The topological polar surface area (TPSA) is 39.7 Å². The number of hydrogen-bond acceptors (Lipinski definition) is 2. The summed E-state index contributed by atoms with van der Waals surface area (Å²) in [5, 5.41) is 6.57. The lowest BCUT2D eigenvalue weighted by atomic mass is 10.2. The Morgan fingerprint density at radius 1 is 1.28 bits per heavy atom. The van der Waals surface area contributed by atoms with Crippen LogP contribution in [0.15, 0.2) is 4.99 Å². The Kier molecular flexibility index (Phi) is 7.09. The van der Waals surface area contributed by atoms with Crippen molar-refractivity contribution in [2.45, 2.75) is 46.6 Å². The van der Waals surface area contributed by atoms with Crippen LogP contribution >= 0.6 is 0 Å². The maximum absolute atomic E-state index is 4.70. The second-order valence-electron chi connectivity index (χ2n) is 5.43. The van der Waals surface area contributed by atoms with Crippen LogP contribution in [-0.4, -0.2) is 49.6 Å². The van der Waals surface area contributed by atoms with E-state index in [9.17, 15) is 0 Å². The molecule has 1 heterocycles. The van der Waals surface area contributed by atoms with Crippen LogP contribution in [0.3, 0.4) is 0 Å². The molecule has 0 amide bonds. The molecule has 1 aliphatic heterocycles. The van der Waals surface area contributed by atoms with E-state index < -0.39 is 0 Å². The molecular formula is C14H30N4. The first-order valence-electron chi connectivity index (χ1n) is 7.43. The molecule has 1 atom stereocenters. The van der Waals surface area contributed by atoms with Gasteiger partial charge in [0.1, 0.15) is 0 Å². The molecule has 2 N–H and O–H groups in total. The Bertz CT molecular complexity index is 242. The van der Waals surface area contributed by atoms with Crippen LogP contribution in [0.4, 0.5) is 0 Å². The predicted molar refractivity (Wildman–Crippen MR) is 79.1 cm³/mol. The molecule has 0 bridgehead atoms. The number of likely N-dealkylation sites (tertiary alicyclic amines) is 1. The highest BCUT2D eigenvalue weighted by Crippen LogP contribution is 2.18. The Balaban J connectivity index is 2.45. The zero-order valence-electron chi connectivity index (χ0n) is 12.5. The summed E-state index contributed by atoms with van der Waals surface area (Å²) in [5.74, 6) is 1.70. The van der Waals surface area contributed by atoms with Crippen LogP contribution in [0, 0.1) is 5.92 Å². The van der Waals surface area contributed by atoms with E-state index in [1.54, 1.807) is 0 Å². The predicted octanol–water partition coefficient (Wildman–Crippen LogP) is 1.68. The lowest BCUT2D eigenvalue weighted by Gasteiger charge is -2.25. The van der Waals surface area contributed by atoms with Crippen LogP contribution in [0.25, 0.3) is 0 Å². The molecule has 0 aromatic rings. The van der Waals surface area contributed by atoms with Crippen molar-refractivity contribution in [2.75, 3.05) is 32.7 Å². The van der Waals surface area contributed by atoms with Gasteiger partial charge in [0.2, 0.25) is 0 Å². The van der Waals surface area contributed by atoms with Gasteiger partial charge in [0, 0.05) is 25.7 Å². The first-order valence-corrected chi connectivity index (χ1v) is 7.43. The molecule has 4 nitrogen and oxygen atoms in total. The molecule has 18 heavy (non-hydrogen) atoms.